The van der Waals surface area contributed by atoms with Crippen LogP contribution in [-0.2, 0) is 38.1 Å². The number of ether oxygens (including phenoxy) is 5. The lowest BCUT2D eigenvalue weighted by molar-refractivity contribution is -0.136. The second kappa shape index (κ2) is 24.3. The zero-order chi connectivity index (χ0) is 42.6. The van der Waals surface area contributed by atoms with Crippen molar-refractivity contribution in [2.45, 2.75) is 54.5 Å². The topological polar surface area (TPSA) is 255 Å². The number of fused-ring (bicyclic) bond motifs is 1. The summed E-state index contributed by atoms with van der Waals surface area (Å²) in [6.07, 6.45) is 2.01. The lowest BCUT2D eigenvalue weighted by Crippen LogP contribution is -2.54. The van der Waals surface area contributed by atoms with Gasteiger partial charge in [-0.2, -0.15) is 0 Å². The van der Waals surface area contributed by atoms with Crippen LogP contribution < -0.4 is 31.3 Å². The van der Waals surface area contributed by atoms with Crippen molar-refractivity contribution in [2.24, 2.45) is 0 Å². The standard InChI is InChI=1S/C36H45Cl3N8O12/c37-36(38,39)33(45-34-42-11-2-12-43-34)46-35(54)59-16-4-14-41-27(49)10-18-56-20-22-57-21-19-55-17-9-26(48)40-13-3-15-58-25-6-1-5-23-29(25)32(53)47(31(23)52)24-7-8-28(50)44-30(24)51/h1-2,5-6,11-12,24,33H,3-4,7-10,13-22H2,(H,40,48)(H,41,49)(H,46,54)(H,42,43,45)(H,44,50,51). The maximum atomic E-state index is 13.2. The molecule has 1 fully saturated rings. The van der Waals surface area contributed by atoms with Crippen molar-refractivity contribution < 1.29 is 57.2 Å². The quantitative estimate of drug-likeness (QED) is 0.0411. The second-order valence-corrected chi connectivity index (χ2v) is 15.1. The number of aromatic nitrogens is 2. The van der Waals surface area contributed by atoms with Crippen molar-refractivity contribution in [1.82, 2.24) is 36.1 Å². The van der Waals surface area contributed by atoms with Gasteiger partial charge in [0, 0.05) is 44.7 Å². The van der Waals surface area contributed by atoms with E-state index < -0.39 is 45.7 Å². The summed E-state index contributed by atoms with van der Waals surface area (Å²) >= 11 is 17.8. The third-order valence-electron chi connectivity index (χ3n) is 8.33. The summed E-state index contributed by atoms with van der Waals surface area (Å²) in [5, 5.41) is 12.7. The Bertz CT molecular complexity index is 1770. The maximum Gasteiger partial charge on any atom is 0.408 e. The van der Waals surface area contributed by atoms with Crippen LogP contribution in [0.3, 0.4) is 0 Å². The third-order valence-corrected chi connectivity index (χ3v) is 8.98. The molecule has 3 heterocycles. The van der Waals surface area contributed by atoms with Gasteiger partial charge in [-0.1, -0.05) is 40.9 Å². The molecular weight excluding hydrogens is 843 g/mol. The number of rotatable bonds is 25. The molecule has 4 rings (SSSR count). The molecule has 0 saturated carbocycles. The second-order valence-electron chi connectivity index (χ2n) is 12.7. The summed E-state index contributed by atoms with van der Waals surface area (Å²) in [5.74, 6) is -2.56. The van der Waals surface area contributed by atoms with E-state index in [-0.39, 0.29) is 120 Å². The number of amides is 7. The van der Waals surface area contributed by atoms with E-state index in [0.29, 0.717) is 19.4 Å². The predicted molar refractivity (Wildman–Crippen MR) is 210 cm³/mol. The molecule has 2 atom stereocenters. The Balaban J connectivity index is 0.932. The smallest absolute Gasteiger partial charge is 0.408 e. The zero-order valence-corrected chi connectivity index (χ0v) is 34.1. The monoisotopic (exact) mass is 886 g/mol. The van der Waals surface area contributed by atoms with Gasteiger partial charge in [-0.25, -0.2) is 14.8 Å². The van der Waals surface area contributed by atoms with Crippen molar-refractivity contribution >= 4 is 82.3 Å². The third kappa shape index (κ3) is 15.7. The zero-order valence-electron chi connectivity index (χ0n) is 31.8. The summed E-state index contributed by atoms with van der Waals surface area (Å²) in [7, 11) is 0. The van der Waals surface area contributed by atoms with Crippen molar-refractivity contribution in [3.8, 4) is 5.75 Å². The number of nitrogens with one attached hydrogen (secondary N) is 5. The van der Waals surface area contributed by atoms with Crippen LogP contribution in [0.1, 0.15) is 59.2 Å². The minimum atomic E-state index is -1.93. The molecule has 0 bridgehead atoms. The summed E-state index contributed by atoms with van der Waals surface area (Å²) in [6, 6.07) is 5.13. The fraction of sp³-hybridized carbons (Fsp3) is 0.528. The van der Waals surface area contributed by atoms with Gasteiger partial charge in [0.1, 0.15) is 11.8 Å². The van der Waals surface area contributed by atoms with E-state index >= 15 is 0 Å². The van der Waals surface area contributed by atoms with Crippen LogP contribution >= 0.6 is 34.8 Å². The van der Waals surface area contributed by atoms with Gasteiger partial charge in [-0.3, -0.25) is 44.3 Å². The number of imide groups is 2. The Labute approximate surface area is 354 Å². The molecule has 2 aliphatic heterocycles. The highest BCUT2D eigenvalue weighted by Crippen LogP contribution is 2.34. The van der Waals surface area contributed by atoms with Gasteiger partial charge in [0.05, 0.1) is 64.0 Å². The van der Waals surface area contributed by atoms with Gasteiger partial charge in [0.2, 0.25) is 33.4 Å². The molecule has 20 nitrogen and oxygen atoms in total. The van der Waals surface area contributed by atoms with Gasteiger partial charge in [0.25, 0.3) is 11.8 Å². The minimum Gasteiger partial charge on any atom is -0.493 e. The maximum absolute atomic E-state index is 13.2. The van der Waals surface area contributed by atoms with Crippen molar-refractivity contribution in [1.29, 1.82) is 0 Å². The molecule has 1 aromatic heterocycles. The van der Waals surface area contributed by atoms with E-state index in [4.69, 9.17) is 58.5 Å². The van der Waals surface area contributed by atoms with E-state index in [1.807, 2.05) is 0 Å². The number of benzene rings is 1. The molecule has 0 spiro atoms. The largest absolute Gasteiger partial charge is 0.493 e. The first-order chi connectivity index (χ1) is 28.3. The number of anilines is 1. The number of carbonyl (C=O) groups is 7. The SMILES string of the molecule is O=C(CCOCCOCCOCCC(=O)NCCCOc1cccc2c1C(=O)N(C1CCC(=O)NC1=O)C2=O)NCCCOC(=O)NC(Nc1ncccn1)C(Cl)(Cl)Cl. The van der Waals surface area contributed by atoms with E-state index in [9.17, 15) is 33.6 Å². The summed E-state index contributed by atoms with van der Waals surface area (Å²) < 4.78 is 25.2. The molecule has 0 radical (unpaired) electrons. The highest BCUT2D eigenvalue weighted by atomic mass is 35.6. The molecule has 1 saturated heterocycles. The molecule has 0 aliphatic carbocycles. The summed E-state index contributed by atoms with van der Waals surface area (Å²) in [6.45, 7) is 2.19. The van der Waals surface area contributed by atoms with Crippen LogP contribution in [0, 0.1) is 0 Å². The van der Waals surface area contributed by atoms with Gasteiger partial charge >= 0.3 is 6.09 Å². The summed E-state index contributed by atoms with van der Waals surface area (Å²) in [4.78, 5) is 95.0. The molecular formula is C36H45Cl3N8O12. The number of halogens is 3. The first-order valence-corrected chi connectivity index (χ1v) is 19.8. The Morgan fingerprint density at radius 3 is 2.03 bits per heavy atom. The van der Waals surface area contributed by atoms with Crippen molar-refractivity contribution in [3.05, 3.63) is 47.8 Å². The van der Waals surface area contributed by atoms with Gasteiger partial charge in [-0.15, -0.1) is 0 Å². The fourth-order valence-corrected chi connectivity index (χ4v) is 5.79. The Morgan fingerprint density at radius 2 is 1.42 bits per heavy atom. The molecule has 322 valence electrons. The van der Waals surface area contributed by atoms with E-state index in [2.05, 4.69) is 36.6 Å². The molecule has 2 aliphatic rings. The van der Waals surface area contributed by atoms with Gasteiger partial charge in [0.15, 0.2) is 6.17 Å². The molecule has 5 N–H and O–H groups in total. The molecule has 23 heteroatoms. The van der Waals surface area contributed by atoms with E-state index in [1.54, 1.807) is 18.2 Å². The minimum absolute atomic E-state index is 0.00495. The number of alkyl carbamates (subject to hydrolysis) is 1. The Morgan fingerprint density at radius 1 is 0.814 bits per heavy atom. The van der Waals surface area contributed by atoms with Crippen LogP contribution in [0.4, 0.5) is 10.7 Å². The number of carbonyl (C=O) groups excluding carboxylic acids is 7. The van der Waals surface area contributed by atoms with Crippen molar-refractivity contribution in [3.63, 3.8) is 0 Å². The van der Waals surface area contributed by atoms with Crippen LogP contribution in [0.2, 0.25) is 0 Å². The number of hydrogen-bond acceptors (Lipinski definition) is 15. The van der Waals surface area contributed by atoms with Gasteiger partial charge < -0.3 is 39.6 Å². The Hall–Kier alpha value is -4.86. The number of alkyl halides is 3. The fourth-order valence-electron chi connectivity index (χ4n) is 5.46. The lowest BCUT2D eigenvalue weighted by Gasteiger charge is -2.27. The highest BCUT2D eigenvalue weighted by Gasteiger charge is 2.46. The molecule has 59 heavy (non-hydrogen) atoms. The summed E-state index contributed by atoms with van der Waals surface area (Å²) in [5.41, 5.74) is 0.183. The Kier molecular flexibility index (Phi) is 19.3. The van der Waals surface area contributed by atoms with Gasteiger partial charge in [-0.05, 0) is 37.5 Å². The van der Waals surface area contributed by atoms with Crippen LogP contribution in [0.15, 0.2) is 36.7 Å². The van der Waals surface area contributed by atoms with E-state index in [1.165, 1.54) is 18.5 Å². The predicted octanol–water partition coefficient (Wildman–Crippen LogP) is 1.63. The van der Waals surface area contributed by atoms with Crippen LogP contribution in [-0.4, -0.2) is 138 Å². The molecule has 7 amide bonds. The number of hydrogen-bond donors (Lipinski definition) is 5. The molecule has 1 aromatic carbocycles. The van der Waals surface area contributed by atoms with Crippen molar-refractivity contribution in [2.75, 3.05) is 71.3 Å². The van der Waals surface area contributed by atoms with Crippen LogP contribution in [0.25, 0.3) is 0 Å². The number of nitrogens with zero attached hydrogens (tertiary/aromatic N) is 3. The lowest BCUT2D eigenvalue weighted by atomic mass is 10.0. The first kappa shape index (κ1) is 46.8. The van der Waals surface area contributed by atoms with Crippen LogP contribution in [0.5, 0.6) is 5.75 Å². The average Bonchev–Trinajstić information content (AvgIpc) is 3.45. The molecule has 2 unspecified atom stereocenters. The van der Waals surface area contributed by atoms with E-state index in [0.717, 1.165) is 4.90 Å². The average molecular weight is 888 g/mol. The normalized spacial score (nSPS) is 15.6. The first-order valence-electron chi connectivity index (χ1n) is 18.6. The number of piperidine rings is 1. The molecule has 2 aromatic rings. The highest BCUT2D eigenvalue weighted by molar-refractivity contribution is 6.68.